The Morgan fingerprint density at radius 2 is 1.76 bits per heavy atom. The fourth-order valence-corrected chi connectivity index (χ4v) is 5.58. The molecule has 1 heterocycles. The van der Waals surface area contributed by atoms with Gasteiger partial charge in [-0.2, -0.15) is 0 Å². The van der Waals surface area contributed by atoms with Crippen LogP contribution in [0.25, 0.3) is 10.2 Å². The van der Waals surface area contributed by atoms with Gasteiger partial charge in [-0.1, -0.05) is 18.5 Å². The van der Waals surface area contributed by atoms with Gasteiger partial charge in [-0.3, -0.25) is 4.72 Å². The summed E-state index contributed by atoms with van der Waals surface area (Å²) in [6, 6.07) is 10.5. The fraction of sp³-hybridized carbons (Fsp3) is 0.133. The summed E-state index contributed by atoms with van der Waals surface area (Å²) in [4.78, 5) is 4.18. The number of thiazole rings is 1. The standard InChI is InChI=1S/C15H13ClN2O4S3/c1-2-24(19,20)15-17-13-8-5-11(9-14(13)23-15)18-25(21,22)12-6-3-10(16)4-7-12/h3-9,18H,2H2,1H3. The number of halogens is 1. The molecule has 2 aromatic carbocycles. The molecule has 0 aliphatic rings. The lowest BCUT2D eigenvalue weighted by Crippen LogP contribution is -2.12. The van der Waals surface area contributed by atoms with Crippen molar-refractivity contribution in [3.63, 3.8) is 0 Å². The first-order valence-corrected chi connectivity index (χ1v) is 11.5. The smallest absolute Gasteiger partial charge is 0.261 e. The molecule has 0 saturated carbocycles. The highest BCUT2D eigenvalue weighted by Crippen LogP contribution is 2.29. The Labute approximate surface area is 154 Å². The van der Waals surface area contributed by atoms with Gasteiger partial charge in [-0.25, -0.2) is 21.8 Å². The number of sulfonamides is 1. The molecule has 0 atom stereocenters. The van der Waals surface area contributed by atoms with Gasteiger partial charge in [0.15, 0.2) is 0 Å². The molecule has 6 nitrogen and oxygen atoms in total. The largest absolute Gasteiger partial charge is 0.280 e. The van der Waals surface area contributed by atoms with Crippen LogP contribution in [0.1, 0.15) is 6.92 Å². The number of fused-ring (bicyclic) bond motifs is 1. The van der Waals surface area contributed by atoms with Crippen LogP contribution in [-0.2, 0) is 19.9 Å². The van der Waals surface area contributed by atoms with E-state index in [2.05, 4.69) is 9.71 Å². The van der Waals surface area contributed by atoms with Crippen LogP contribution in [0.3, 0.4) is 0 Å². The third-order valence-electron chi connectivity index (χ3n) is 3.39. The number of nitrogens with one attached hydrogen (secondary N) is 1. The zero-order valence-electron chi connectivity index (χ0n) is 12.9. The molecule has 10 heteroatoms. The summed E-state index contributed by atoms with van der Waals surface area (Å²) in [5.74, 6) is -0.0388. The number of nitrogens with zero attached hydrogens (tertiary/aromatic N) is 1. The number of sulfone groups is 1. The second-order valence-corrected chi connectivity index (χ2v) is 10.7. The number of benzene rings is 2. The Morgan fingerprint density at radius 1 is 1.08 bits per heavy atom. The topological polar surface area (TPSA) is 93.2 Å². The molecule has 0 amide bonds. The second-order valence-electron chi connectivity index (χ2n) is 5.13. The molecule has 0 fully saturated rings. The van der Waals surface area contributed by atoms with E-state index in [1.165, 1.54) is 30.3 Å². The molecule has 0 radical (unpaired) electrons. The monoisotopic (exact) mass is 416 g/mol. The zero-order chi connectivity index (χ0) is 18.2. The molecule has 0 bridgehead atoms. The molecule has 1 N–H and O–H groups in total. The average Bonchev–Trinajstić information content (AvgIpc) is 2.99. The van der Waals surface area contributed by atoms with Crippen LogP contribution >= 0.6 is 22.9 Å². The van der Waals surface area contributed by atoms with Gasteiger partial charge < -0.3 is 0 Å². The Balaban J connectivity index is 1.95. The number of rotatable bonds is 5. The zero-order valence-corrected chi connectivity index (χ0v) is 16.1. The molecule has 3 aromatic rings. The SMILES string of the molecule is CCS(=O)(=O)c1nc2ccc(NS(=O)(=O)c3ccc(Cl)cc3)cc2s1. The van der Waals surface area contributed by atoms with E-state index in [1.54, 1.807) is 19.1 Å². The summed E-state index contributed by atoms with van der Waals surface area (Å²) in [5.41, 5.74) is 0.831. The summed E-state index contributed by atoms with van der Waals surface area (Å²) in [5, 5.41) is 0.440. The summed E-state index contributed by atoms with van der Waals surface area (Å²) in [6.07, 6.45) is 0. The Bertz CT molecular complexity index is 1140. The van der Waals surface area contributed by atoms with Crippen LogP contribution in [-0.4, -0.2) is 27.6 Å². The second kappa shape index (κ2) is 6.56. The van der Waals surface area contributed by atoms with E-state index < -0.39 is 19.9 Å². The lowest BCUT2D eigenvalue weighted by molar-refractivity contribution is 0.596. The molecule has 3 rings (SSSR count). The maximum atomic E-state index is 12.4. The number of aromatic nitrogens is 1. The van der Waals surface area contributed by atoms with E-state index in [1.807, 2.05) is 0 Å². The van der Waals surface area contributed by atoms with Gasteiger partial charge in [0, 0.05) is 5.02 Å². The summed E-state index contributed by atoms with van der Waals surface area (Å²) in [7, 11) is -7.17. The predicted octanol–water partition coefficient (Wildman–Crippen LogP) is 3.54. The minimum atomic E-state index is -3.77. The Kier molecular flexibility index (Phi) is 4.76. The number of hydrogen-bond acceptors (Lipinski definition) is 6. The highest BCUT2D eigenvalue weighted by molar-refractivity contribution is 7.93. The van der Waals surface area contributed by atoms with Crippen molar-refractivity contribution in [2.24, 2.45) is 0 Å². The third-order valence-corrected chi connectivity index (χ3v) is 8.25. The van der Waals surface area contributed by atoms with Gasteiger partial charge in [0.1, 0.15) is 0 Å². The highest BCUT2D eigenvalue weighted by Gasteiger charge is 2.19. The van der Waals surface area contributed by atoms with Gasteiger partial charge in [-0.15, -0.1) is 11.3 Å². The summed E-state index contributed by atoms with van der Waals surface area (Å²) >= 11 is 6.78. The Morgan fingerprint density at radius 3 is 2.40 bits per heavy atom. The minimum Gasteiger partial charge on any atom is -0.280 e. The quantitative estimate of drug-likeness (QED) is 0.686. The lowest BCUT2D eigenvalue weighted by Gasteiger charge is -2.08. The van der Waals surface area contributed by atoms with E-state index in [9.17, 15) is 16.8 Å². The van der Waals surface area contributed by atoms with E-state index in [-0.39, 0.29) is 15.0 Å². The maximum absolute atomic E-state index is 12.4. The van der Waals surface area contributed by atoms with Crippen LogP contribution in [0.2, 0.25) is 5.02 Å². The minimum absolute atomic E-state index is 0.0303. The van der Waals surface area contributed by atoms with Crippen molar-refractivity contribution in [3.05, 3.63) is 47.5 Å². The number of hydrogen-bond donors (Lipinski definition) is 1. The maximum Gasteiger partial charge on any atom is 0.261 e. The van der Waals surface area contributed by atoms with Crippen molar-refractivity contribution in [2.75, 3.05) is 10.5 Å². The predicted molar refractivity (Wildman–Crippen MR) is 99.6 cm³/mol. The van der Waals surface area contributed by atoms with Crippen LogP contribution in [0.4, 0.5) is 5.69 Å². The number of anilines is 1. The van der Waals surface area contributed by atoms with Crippen molar-refractivity contribution in [1.29, 1.82) is 0 Å². The van der Waals surface area contributed by atoms with Gasteiger partial charge in [0.25, 0.3) is 10.0 Å². The van der Waals surface area contributed by atoms with E-state index in [0.717, 1.165) is 11.3 Å². The summed E-state index contributed by atoms with van der Waals surface area (Å²) in [6.45, 7) is 1.55. The normalized spacial score (nSPS) is 12.4. The van der Waals surface area contributed by atoms with Crippen molar-refractivity contribution < 1.29 is 16.8 Å². The molecule has 1 aromatic heterocycles. The Hall–Kier alpha value is -1.68. The third kappa shape index (κ3) is 3.79. The van der Waals surface area contributed by atoms with Gasteiger partial charge in [-0.05, 0) is 42.5 Å². The summed E-state index contributed by atoms with van der Waals surface area (Å²) < 4.78 is 51.7. The van der Waals surface area contributed by atoms with Crippen molar-refractivity contribution in [1.82, 2.24) is 4.98 Å². The van der Waals surface area contributed by atoms with Crippen molar-refractivity contribution in [3.8, 4) is 0 Å². The van der Waals surface area contributed by atoms with Crippen LogP contribution in [0, 0.1) is 0 Å². The average molecular weight is 417 g/mol. The van der Waals surface area contributed by atoms with Gasteiger partial charge >= 0.3 is 0 Å². The van der Waals surface area contributed by atoms with Gasteiger partial charge in [0.2, 0.25) is 14.2 Å². The van der Waals surface area contributed by atoms with Crippen LogP contribution < -0.4 is 4.72 Å². The van der Waals surface area contributed by atoms with E-state index in [0.29, 0.717) is 20.9 Å². The first kappa shape index (κ1) is 18.1. The van der Waals surface area contributed by atoms with Gasteiger partial charge in [0.05, 0.1) is 26.6 Å². The van der Waals surface area contributed by atoms with E-state index >= 15 is 0 Å². The molecule has 0 unspecified atom stereocenters. The molecule has 0 spiro atoms. The molecule has 132 valence electrons. The van der Waals surface area contributed by atoms with Crippen molar-refractivity contribution >= 4 is 58.7 Å². The fourth-order valence-electron chi connectivity index (χ4n) is 2.05. The van der Waals surface area contributed by atoms with Crippen LogP contribution in [0.5, 0.6) is 0 Å². The first-order valence-electron chi connectivity index (χ1n) is 7.13. The van der Waals surface area contributed by atoms with Crippen LogP contribution in [0.15, 0.2) is 51.7 Å². The molecule has 0 aliphatic heterocycles. The lowest BCUT2D eigenvalue weighted by atomic mass is 10.3. The molecule has 0 aliphatic carbocycles. The molecule has 0 saturated heterocycles. The molecular formula is C15H13ClN2O4S3. The first-order chi connectivity index (χ1) is 11.7. The highest BCUT2D eigenvalue weighted by atomic mass is 35.5. The van der Waals surface area contributed by atoms with Crippen molar-refractivity contribution in [2.45, 2.75) is 16.2 Å². The molecule has 25 heavy (non-hydrogen) atoms. The van der Waals surface area contributed by atoms with E-state index in [4.69, 9.17) is 11.6 Å². The molecular weight excluding hydrogens is 404 g/mol.